The van der Waals surface area contributed by atoms with Gasteiger partial charge in [-0.3, -0.25) is 0 Å². The van der Waals surface area contributed by atoms with E-state index in [2.05, 4.69) is 5.32 Å². The van der Waals surface area contributed by atoms with Crippen LogP contribution in [0.15, 0.2) is 21.3 Å². The largest absolute Gasteiger partial charge is 0.490 e. The van der Waals surface area contributed by atoms with Gasteiger partial charge in [0.15, 0.2) is 0 Å². The summed E-state index contributed by atoms with van der Waals surface area (Å²) >= 11 is 0. The van der Waals surface area contributed by atoms with Crippen molar-refractivity contribution in [3.8, 4) is 5.75 Å². The third kappa shape index (κ3) is 3.53. The lowest BCUT2D eigenvalue weighted by Crippen LogP contribution is -2.62. The number of aryl methyl sites for hydroxylation is 1. The normalized spacial score (nSPS) is 34.5. The molecule has 152 valence electrons. The molecule has 0 aromatic carbocycles. The maximum absolute atomic E-state index is 13.0. The number of hydrogen-bond donors (Lipinski definition) is 1. The zero-order valence-corrected chi connectivity index (χ0v) is 16.6. The summed E-state index contributed by atoms with van der Waals surface area (Å²) in [4.78, 5) is 26.4. The standard InChI is InChI=1S/C22H30N2O4/c1-14-6-19(10-20(25)27-14)28-18-2-4-24(5-3-18)21(26)23-22-11-15-7-16(12-22)9-17(8-15)13-22/h6,10,15-18H,2-5,7-9,11-13H2,1H3,(H,23,26). The van der Waals surface area contributed by atoms with E-state index in [4.69, 9.17) is 9.15 Å². The molecule has 5 aliphatic rings. The number of likely N-dealkylation sites (tertiary alicyclic amines) is 1. The smallest absolute Gasteiger partial charge is 0.339 e. The Labute approximate surface area is 165 Å². The van der Waals surface area contributed by atoms with Crippen LogP contribution in [0.1, 0.15) is 57.1 Å². The average molecular weight is 386 g/mol. The lowest BCUT2D eigenvalue weighted by molar-refractivity contribution is -0.0165. The fraction of sp³-hybridized carbons (Fsp3) is 0.727. The molecule has 0 radical (unpaired) electrons. The Morgan fingerprint density at radius 3 is 2.29 bits per heavy atom. The van der Waals surface area contributed by atoms with E-state index < -0.39 is 0 Å². The van der Waals surface area contributed by atoms with Crippen molar-refractivity contribution in [2.24, 2.45) is 17.8 Å². The molecule has 2 amide bonds. The molecular formula is C22H30N2O4. The lowest BCUT2D eigenvalue weighted by atomic mass is 9.53. The van der Waals surface area contributed by atoms with Gasteiger partial charge in [-0.1, -0.05) is 0 Å². The average Bonchev–Trinajstić information content (AvgIpc) is 2.59. The van der Waals surface area contributed by atoms with Crippen LogP contribution in [0.2, 0.25) is 0 Å². The minimum Gasteiger partial charge on any atom is -0.490 e. The first-order valence-corrected chi connectivity index (χ1v) is 10.8. The van der Waals surface area contributed by atoms with Gasteiger partial charge in [0.05, 0.1) is 6.07 Å². The molecule has 6 heteroatoms. The van der Waals surface area contributed by atoms with Crippen LogP contribution in [0.25, 0.3) is 0 Å². The summed E-state index contributed by atoms with van der Waals surface area (Å²) in [5, 5.41) is 3.47. The third-order valence-electron chi connectivity index (χ3n) is 7.31. The number of amides is 2. The number of carbonyl (C=O) groups is 1. The fourth-order valence-corrected chi connectivity index (χ4v) is 6.58. The molecule has 28 heavy (non-hydrogen) atoms. The van der Waals surface area contributed by atoms with Crippen molar-refractivity contribution in [1.82, 2.24) is 10.2 Å². The molecule has 4 saturated carbocycles. The van der Waals surface area contributed by atoms with Gasteiger partial charge in [0.1, 0.15) is 17.6 Å². The SMILES string of the molecule is Cc1cc(OC2CCN(C(=O)NC34CC5CC(CC(C5)C3)C4)CC2)cc(=O)o1. The van der Waals surface area contributed by atoms with E-state index in [1.165, 1.54) is 44.6 Å². The molecule has 4 bridgehead atoms. The molecule has 1 saturated heterocycles. The van der Waals surface area contributed by atoms with E-state index in [-0.39, 0.29) is 23.3 Å². The topological polar surface area (TPSA) is 71.8 Å². The van der Waals surface area contributed by atoms with E-state index in [0.29, 0.717) is 24.6 Å². The number of hydrogen-bond acceptors (Lipinski definition) is 4. The van der Waals surface area contributed by atoms with Crippen LogP contribution in [0, 0.1) is 24.7 Å². The molecule has 0 atom stereocenters. The maximum Gasteiger partial charge on any atom is 0.339 e. The summed E-state index contributed by atoms with van der Waals surface area (Å²) in [5.74, 6) is 3.60. The number of carbonyl (C=O) groups excluding carboxylic acids is 1. The summed E-state index contributed by atoms with van der Waals surface area (Å²) in [6, 6.07) is 3.24. The van der Waals surface area contributed by atoms with E-state index in [0.717, 1.165) is 30.6 Å². The van der Waals surface area contributed by atoms with Crippen LogP contribution in [-0.2, 0) is 0 Å². The van der Waals surface area contributed by atoms with Gasteiger partial charge in [-0.2, -0.15) is 0 Å². The van der Waals surface area contributed by atoms with Crippen LogP contribution >= 0.6 is 0 Å². The Kier molecular flexibility index (Phi) is 4.40. The number of nitrogens with zero attached hydrogens (tertiary/aromatic N) is 1. The van der Waals surface area contributed by atoms with Crippen LogP contribution in [0.4, 0.5) is 4.79 Å². The highest BCUT2D eigenvalue weighted by molar-refractivity contribution is 5.75. The van der Waals surface area contributed by atoms with Crippen LogP contribution in [0.5, 0.6) is 5.75 Å². The Morgan fingerprint density at radius 2 is 1.71 bits per heavy atom. The van der Waals surface area contributed by atoms with E-state index in [1.54, 1.807) is 13.0 Å². The van der Waals surface area contributed by atoms with Gasteiger partial charge < -0.3 is 19.4 Å². The van der Waals surface area contributed by atoms with Gasteiger partial charge in [-0.05, 0) is 63.2 Å². The lowest BCUT2D eigenvalue weighted by Gasteiger charge is -2.57. The zero-order valence-electron chi connectivity index (χ0n) is 16.6. The summed E-state index contributed by atoms with van der Waals surface area (Å²) in [5.41, 5.74) is -0.322. The first kappa shape index (κ1) is 18.1. The van der Waals surface area contributed by atoms with Crippen molar-refractivity contribution in [2.75, 3.05) is 13.1 Å². The first-order valence-electron chi connectivity index (χ1n) is 10.8. The van der Waals surface area contributed by atoms with Gasteiger partial charge in [-0.15, -0.1) is 0 Å². The van der Waals surface area contributed by atoms with E-state index >= 15 is 0 Å². The summed E-state index contributed by atoms with van der Waals surface area (Å²) in [6.45, 7) is 3.14. The fourth-order valence-electron chi connectivity index (χ4n) is 6.58. The highest BCUT2D eigenvalue weighted by atomic mass is 16.5. The van der Waals surface area contributed by atoms with Gasteiger partial charge >= 0.3 is 11.7 Å². The predicted octanol–water partition coefficient (Wildman–Crippen LogP) is 3.47. The molecule has 1 N–H and O–H groups in total. The quantitative estimate of drug-likeness (QED) is 0.863. The second-order valence-corrected chi connectivity index (χ2v) is 9.66. The van der Waals surface area contributed by atoms with Crippen LogP contribution < -0.4 is 15.7 Å². The second-order valence-electron chi connectivity index (χ2n) is 9.66. The number of piperidine rings is 1. The summed E-state index contributed by atoms with van der Waals surface area (Å²) < 4.78 is 10.9. The van der Waals surface area contributed by atoms with Gasteiger partial charge in [0.25, 0.3) is 0 Å². The molecule has 5 fully saturated rings. The monoisotopic (exact) mass is 386 g/mol. The summed E-state index contributed by atoms with van der Waals surface area (Å²) in [7, 11) is 0. The van der Waals surface area contributed by atoms with Crippen molar-refractivity contribution in [1.29, 1.82) is 0 Å². The highest BCUT2D eigenvalue weighted by Crippen LogP contribution is 2.55. The van der Waals surface area contributed by atoms with Crippen molar-refractivity contribution in [2.45, 2.75) is 69.9 Å². The van der Waals surface area contributed by atoms with Crippen molar-refractivity contribution >= 4 is 6.03 Å². The first-order chi connectivity index (χ1) is 13.5. The highest BCUT2D eigenvalue weighted by Gasteiger charge is 2.51. The minimum absolute atomic E-state index is 0.0322. The van der Waals surface area contributed by atoms with Crippen LogP contribution in [0.3, 0.4) is 0 Å². The Balaban J connectivity index is 1.16. The molecule has 4 aliphatic carbocycles. The van der Waals surface area contributed by atoms with Gasteiger partial charge in [-0.25, -0.2) is 9.59 Å². The molecule has 1 aromatic heterocycles. The molecule has 6 nitrogen and oxygen atoms in total. The molecule has 2 heterocycles. The van der Waals surface area contributed by atoms with Gasteiger partial charge in [0.2, 0.25) is 0 Å². The molecule has 1 aromatic rings. The zero-order chi connectivity index (χ0) is 19.3. The number of rotatable bonds is 3. The van der Waals surface area contributed by atoms with Crippen molar-refractivity contribution < 1.29 is 13.9 Å². The molecule has 6 rings (SSSR count). The Bertz CT molecular complexity index is 774. The number of nitrogens with one attached hydrogen (secondary N) is 1. The summed E-state index contributed by atoms with van der Waals surface area (Å²) in [6.07, 6.45) is 9.30. The maximum atomic E-state index is 13.0. The van der Waals surface area contributed by atoms with E-state index in [9.17, 15) is 9.59 Å². The van der Waals surface area contributed by atoms with E-state index in [1.807, 2.05) is 4.90 Å². The van der Waals surface area contributed by atoms with Crippen molar-refractivity contribution in [3.05, 3.63) is 28.3 Å². The molecule has 1 aliphatic heterocycles. The van der Waals surface area contributed by atoms with Gasteiger partial charge in [0, 0.05) is 37.5 Å². The predicted molar refractivity (Wildman–Crippen MR) is 104 cm³/mol. The van der Waals surface area contributed by atoms with Crippen molar-refractivity contribution in [3.63, 3.8) is 0 Å². The number of ether oxygens (including phenoxy) is 1. The minimum atomic E-state index is -0.387. The van der Waals surface area contributed by atoms with Crippen LogP contribution in [-0.4, -0.2) is 35.7 Å². The Hall–Kier alpha value is -1.98. The number of urea groups is 1. The molecular weight excluding hydrogens is 356 g/mol. The molecule has 0 spiro atoms. The second kappa shape index (κ2) is 6.82. The third-order valence-corrected chi connectivity index (χ3v) is 7.31. The molecule has 0 unspecified atom stereocenters. The Morgan fingerprint density at radius 1 is 1.11 bits per heavy atom.